The van der Waals surface area contributed by atoms with Crippen LogP contribution in [0, 0.1) is 5.92 Å². The number of rotatable bonds is 8. The highest BCUT2D eigenvalue weighted by Gasteiger charge is 2.28. The molecule has 0 aromatic carbocycles. The lowest BCUT2D eigenvalue weighted by Crippen LogP contribution is -2.29. The molecule has 0 aromatic rings. The van der Waals surface area contributed by atoms with E-state index in [9.17, 15) is 0 Å². The summed E-state index contributed by atoms with van der Waals surface area (Å²) in [6.45, 7) is 2.90. The lowest BCUT2D eigenvalue weighted by Gasteiger charge is -2.23. The second-order valence-electron chi connectivity index (χ2n) is 5.64. The highest BCUT2D eigenvalue weighted by molar-refractivity contribution is 4.85. The average Bonchev–Trinajstić information content (AvgIpc) is 3.00. The van der Waals surface area contributed by atoms with Gasteiger partial charge in [-0.2, -0.15) is 0 Å². The lowest BCUT2D eigenvalue weighted by molar-refractivity contribution is 0.222. The molecule has 0 aliphatic heterocycles. The van der Waals surface area contributed by atoms with Crippen molar-refractivity contribution in [3.05, 3.63) is 0 Å². The highest BCUT2D eigenvalue weighted by Crippen LogP contribution is 2.31. The zero-order valence-corrected chi connectivity index (χ0v) is 10.5. The summed E-state index contributed by atoms with van der Waals surface area (Å²) >= 11 is 0. The van der Waals surface area contributed by atoms with Gasteiger partial charge in [0.15, 0.2) is 0 Å². The van der Waals surface area contributed by atoms with Gasteiger partial charge in [-0.3, -0.25) is 0 Å². The second-order valence-corrected chi connectivity index (χ2v) is 5.64. The van der Waals surface area contributed by atoms with Crippen LogP contribution in [0.2, 0.25) is 0 Å². The molecule has 0 spiro atoms. The quantitative estimate of drug-likeness (QED) is 0.642. The van der Waals surface area contributed by atoms with E-state index in [1.807, 2.05) is 0 Å². The fraction of sp³-hybridized carbons (Fsp3) is 1.00. The minimum Gasteiger partial charge on any atom is -0.396 e. The van der Waals surface area contributed by atoms with Gasteiger partial charge in [0.25, 0.3) is 0 Å². The van der Waals surface area contributed by atoms with Crippen LogP contribution in [0.25, 0.3) is 0 Å². The molecule has 2 nitrogen and oxygen atoms in total. The number of unbranched alkanes of at least 4 members (excludes halogenated alkanes) is 1. The van der Waals surface area contributed by atoms with Crippen LogP contribution in [-0.2, 0) is 0 Å². The molecule has 0 atom stereocenters. The van der Waals surface area contributed by atoms with Crippen LogP contribution < -0.4 is 0 Å². The molecule has 0 aromatic heterocycles. The first-order valence-electron chi connectivity index (χ1n) is 7.25. The topological polar surface area (TPSA) is 23.5 Å². The third-order valence-electron chi connectivity index (χ3n) is 4.22. The molecule has 0 heterocycles. The summed E-state index contributed by atoms with van der Waals surface area (Å²) in [6, 6.07) is 0.903. The Kier molecular flexibility index (Phi) is 5.11. The van der Waals surface area contributed by atoms with E-state index in [0.717, 1.165) is 18.4 Å². The summed E-state index contributed by atoms with van der Waals surface area (Å²) < 4.78 is 0. The summed E-state index contributed by atoms with van der Waals surface area (Å²) in [5, 5.41) is 8.82. The smallest absolute Gasteiger partial charge is 0.0431 e. The highest BCUT2D eigenvalue weighted by atomic mass is 16.2. The van der Waals surface area contributed by atoms with Crippen molar-refractivity contribution in [2.75, 3.05) is 19.7 Å². The maximum Gasteiger partial charge on any atom is 0.0431 e. The van der Waals surface area contributed by atoms with E-state index in [4.69, 9.17) is 5.11 Å². The third kappa shape index (κ3) is 4.06. The van der Waals surface area contributed by atoms with Gasteiger partial charge in [-0.25, -0.2) is 0 Å². The van der Waals surface area contributed by atoms with Crippen LogP contribution in [0.1, 0.15) is 57.8 Å². The monoisotopic (exact) mass is 225 g/mol. The molecule has 2 aliphatic carbocycles. The molecule has 2 fully saturated rings. The zero-order valence-electron chi connectivity index (χ0n) is 10.5. The number of hydrogen-bond donors (Lipinski definition) is 1. The van der Waals surface area contributed by atoms with Gasteiger partial charge < -0.3 is 10.0 Å². The van der Waals surface area contributed by atoms with Crippen molar-refractivity contribution in [2.24, 2.45) is 5.92 Å². The Morgan fingerprint density at radius 1 is 0.938 bits per heavy atom. The molecular weight excluding hydrogens is 198 g/mol. The Hall–Kier alpha value is -0.0800. The maximum atomic E-state index is 8.82. The number of nitrogens with zero attached hydrogens (tertiary/aromatic N) is 1. The van der Waals surface area contributed by atoms with Crippen LogP contribution in [0.4, 0.5) is 0 Å². The summed E-state index contributed by atoms with van der Waals surface area (Å²) in [6.07, 6.45) is 12.3. The van der Waals surface area contributed by atoms with Crippen molar-refractivity contribution in [1.82, 2.24) is 4.90 Å². The molecule has 2 heteroatoms. The van der Waals surface area contributed by atoms with Gasteiger partial charge in [-0.15, -0.1) is 0 Å². The van der Waals surface area contributed by atoms with E-state index in [2.05, 4.69) is 4.90 Å². The van der Waals surface area contributed by atoms with Crippen LogP contribution in [0.15, 0.2) is 0 Å². The second kappa shape index (κ2) is 6.61. The Labute approximate surface area is 100 Å². The van der Waals surface area contributed by atoms with Gasteiger partial charge in [0.2, 0.25) is 0 Å². The fourth-order valence-electron chi connectivity index (χ4n) is 2.99. The Morgan fingerprint density at radius 3 is 2.31 bits per heavy atom. The molecule has 0 radical (unpaired) electrons. The summed E-state index contributed by atoms with van der Waals surface area (Å²) in [4.78, 5) is 2.69. The van der Waals surface area contributed by atoms with Gasteiger partial charge in [-0.1, -0.05) is 25.7 Å². The van der Waals surface area contributed by atoms with E-state index in [0.29, 0.717) is 6.61 Å². The van der Waals surface area contributed by atoms with E-state index in [-0.39, 0.29) is 0 Å². The van der Waals surface area contributed by atoms with Gasteiger partial charge in [0.1, 0.15) is 0 Å². The minimum absolute atomic E-state index is 0.362. The van der Waals surface area contributed by atoms with Crippen molar-refractivity contribution >= 4 is 0 Å². The molecule has 0 saturated heterocycles. The van der Waals surface area contributed by atoms with Crippen molar-refractivity contribution in [2.45, 2.75) is 63.8 Å². The number of hydrogen-bond acceptors (Lipinski definition) is 2. The molecule has 1 N–H and O–H groups in total. The Morgan fingerprint density at radius 2 is 1.69 bits per heavy atom. The predicted octanol–water partition coefficient (Wildman–Crippen LogP) is 2.80. The molecule has 16 heavy (non-hydrogen) atoms. The minimum atomic E-state index is 0.362. The molecule has 0 amide bonds. The van der Waals surface area contributed by atoms with Crippen LogP contribution >= 0.6 is 0 Å². The van der Waals surface area contributed by atoms with Crippen molar-refractivity contribution < 1.29 is 5.11 Å². The van der Waals surface area contributed by atoms with Crippen molar-refractivity contribution in [3.8, 4) is 0 Å². The normalized spacial score (nSPS) is 22.1. The van der Waals surface area contributed by atoms with E-state index in [1.165, 1.54) is 64.5 Å². The largest absolute Gasteiger partial charge is 0.396 e. The van der Waals surface area contributed by atoms with Gasteiger partial charge in [-0.05, 0) is 51.1 Å². The Bertz CT molecular complexity index is 185. The third-order valence-corrected chi connectivity index (χ3v) is 4.22. The van der Waals surface area contributed by atoms with Gasteiger partial charge in [0.05, 0.1) is 0 Å². The SMILES string of the molecule is OCCCCN(CCC1CCCC1)C1CC1. The van der Waals surface area contributed by atoms with E-state index in [1.54, 1.807) is 0 Å². The van der Waals surface area contributed by atoms with Crippen LogP contribution in [-0.4, -0.2) is 35.7 Å². The van der Waals surface area contributed by atoms with Gasteiger partial charge in [0, 0.05) is 12.6 Å². The molecule has 94 valence electrons. The lowest BCUT2D eigenvalue weighted by atomic mass is 10.0. The fourth-order valence-corrected chi connectivity index (χ4v) is 2.99. The molecule has 2 saturated carbocycles. The predicted molar refractivity (Wildman–Crippen MR) is 67.5 cm³/mol. The van der Waals surface area contributed by atoms with Crippen LogP contribution in [0.5, 0.6) is 0 Å². The average molecular weight is 225 g/mol. The summed E-state index contributed by atoms with van der Waals surface area (Å²) in [5.74, 6) is 1.03. The molecular formula is C14H27NO. The molecule has 2 rings (SSSR count). The maximum absolute atomic E-state index is 8.82. The zero-order chi connectivity index (χ0) is 11.2. The van der Waals surface area contributed by atoms with Crippen molar-refractivity contribution in [3.63, 3.8) is 0 Å². The van der Waals surface area contributed by atoms with E-state index >= 15 is 0 Å². The number of aliphatic hydroxyl groups is 1. The first kappa shape index (κ1) is 12.4. The van der Waals surface area contributed by atoms with Crippen molar-refractivity contribution in [1.29, 1.82) is 0 Å². The summed E-state index contributed by atoms with van der Waals surface area (Å²) in [7, 11) is 0. The number of aliphatic hydroxyl groups excluding tert-OH is 1. The summed E-state index contributed by atoms with van der Waals surface area (Å²) in [5.41, 5.74) is 0. The molecule has 0 unspecified atom stereocenters. The Balaban J connectivity index is 1.61. The standard InChI is InChI=1S/C14H27NO/c16-12-4-3-10-15(14-7-8-14)11-9-13-5-1-2-6-13/h13-14,16H,1-12H2. The first-order valence-corrected chi connectivity index (χ1v) is 7.25. The van der Waals surface area contributed by atoms with Crippen LogP contribution in [0.3, 0.4) is 0 Å². The van der Waals surface area contributed by atoms with Gasteiger partial charge >= 0.3 is 0 Å². The molecule has 2 aliphatic rings. The first-order chi connectivity index (χ1) is 7.90. The molecule has 0 bridgehead atoms. The van der Waals surface area contributed by atoms with E-state index < -0.39 is 0 Å².